The largest absolute Gasteiger partial charge is 0.394 e. The molecule has 108 valence electrons. The van der Waals surface area contributed by atoms with Crippen LogP contribution >= 0.6 is 12.2 Å². The molecule has 4 atom stereocenters. The van der Waals surface area contributed by atoms with Gasteiger partial charge in [-0.2, -0.15) is 4.39 Å². The van der Waals surface area contributed by atoms with E-state index in [9.17, 15) is 19.4 Å². The van der Waals surface area contributed by atoms with Crippen molar-refractivity contribution in [2.75, 3.05) is 6.61 Å². The Morgan fingerprint density at radius 3 is 2.90 bits per heavy atom. The molecule has 7 nitrogen and oxygen atoms in total. The third kappa shape index (κ3) is 2.07. The van der Waals surface area contributed by atoms with Crippen molar-refractivity contribution < 1.29 is 24.4 Å². The van der Waals surface area contributed by atoms with Gasteiger partial charge in [-0.1, -0.05) is 5.92 Å². The molecule has 0 aliphatic carbocycles. The maximum Gasteiger partial charge on any atom is 0.287 e. The first-order valence-corrected chi connectivity index (χ1v) is 5.91. The highest BCUT2D eigenvalue weighted by Crippen LogP contribution is 2.37. The molecule has 4 unspecified atom stereocenters. The molecule has 0 bridgehead atoms. The number of aliphatic hydroxyl groups excluding tert-OH is 2. The van der Waals surface area contributed by atoms with E-state index in [1.165, 1.54) is 0 Å². The molecule has 1 aliphatic rings. The lowest BCUT2D eigenvalue weighted by molar-refractivity contribution is -0.0759. The number of H-pyrrole nitrogens is 1. The smallest absolute Gasteiger partial charge is 0.287 e. The highest BCUT2D eigenvalue weighted by atomic mass is 32.1. The third-order valence-corrected chi connectivity index (χ3v) is 3.38. The van der Waals surface area contributed by atoms with Crippen LogP contribution in [-0.4, -0.2) is 49.3 Å². The molecule has 0 radical (unpaired) electrons. The zero-order chi connectivity index (χ0) is 15.1. The van der Waals surface area contributed by atoms with Gasteiger partial charge in [0.05, 0.1) is 12.8 Å². The molecule has 0 amide bonds. The molecule has 20 heavy (non-hydrogen) atoms. The molecule has 1 saturated heterocycles. The van der Waals surface area contributed by atoms with Gasteiger partial charge in [-0.05, 0) is 12.2 Å². The van der Waals surface area contributed by atoms with E-state index in [0.717, 1.165) is 4.57 Å². The van der Waals surface area contributed by atoms with Gasteiger partial charge in [0.1, 0.15) is 12.2 Å². The van der Waals surface area contributed by atoms with Gasteiger partial charge in [0, 0.05) is 0 Å². The van der Waals surface area contributed by atoms with Crippen LogP contribution in [-0.2, 0) is 4.74 Å². The number of nitrogens with zero attached hydrogens (tertiary/aromatic N) is 1. The summed E-state index contributed by atoms with van der Waals surface area (Å²) in [5.74, 6) is 0.789. The quantitative estimate of drug-likeness (QED) is 0.398. The minimum atomic E-state index is -2.23. The number of rotatable bonds is 2. The van der Waals surface area contributed by atoms with Crippen LogP contribution in [0.3, 0.4) is 0 Å². The number of aromatic amines is 1. The van der Waals surface area contributed by atoms with Crippen molar-refractivity contribution in [1.82, 2.24) is 9.55 Å². The van der Waals surface area contributed by atoms with Crippen LogP contribution < -0.4 is 5.56 Å². The molecule has 1 fully saturated rings. The Morgan fingerprint density at radius 1 is 1.70 bits per heavy atom. The highest BCUT2D eigenvalue weighted by molar-refractivity contribution is 7.71. The topological polar surface area (TPSA) is 108 Å². The molecule has 9 heteroatoms. The summed E-state index contributed by atoms with van der Waals surface area (Å²) in [6.07, 6.45) is 1.68. The second-order valence-corrected chi connectivity index (χ2v) is 4.65. The lowest BCUT2D eigenvalue weighted by atomic mass is 9.95. The Labute approximate surface area is 117 Å². The zero-order valence-corrected chi connectivity index (χ0v) is 10.8. The van der Waals surface area contributed by atoms with Crippen molar-refractivity contribution in [2.45, 2.75) is 24.0 Å². The minimum absolute atomic E-state index is 0.249. The first-order valence-electron chi connectivity index (χ1n) is 5.50. The number of aliphatic hydroxyl groups is 3. The number of hydrogen-bond acceptors (Lipinski definition) is 6. The van der Waals surface area contributed by atoms with E-state index in [1.54, 1.807) is 0 Å². The summed E-state index contributed by atoms with van der Waals surface area (Å²) >= 11 is 4.84. The number of halogens is 1. The van der Waals surface area contributed by atoms with E-state index in [4.69, 9.17) is 28.5 Å². The highest BCUT2D eigenvalue weighted by Gasteiger charge is 2.55. The van der Waals surface area contributed by atoms with Crippen LogP contribution in [0.15, 0.2) is 11.0 Å². The van der Waals surface area contributed by atoms with Gasteiger partial charge in [0.15, 0.2) is 16.6 Å². The summed E-state index contributed by atoms with van der Waals surface area (Å²) in [5.41, 5.74) is -3.26. The molecular formula is C11H11FN2O5S. The van der Waals surface area contributed by atoms with Gasteiger partial charge in [0.25, 0.3) is 5.56 Å². The van der Waals surface area contributed by atoms with Crippen LogP contribution in [0.5, 0.6) is 0 Å². The zero-order valence-electron chi connectivity index (χ0n) is 9.99. The molecule has 2 rings (SSSR count). The van der Waals surface area contributed by atoms with E-state index in [-0.39, 0.29) is 4.77 Å². The molecule has 0 spiro atoms. The average Bonchev–Trinajstić information content (AvgIpc) is 2.67. The SMILES string of the molecule is C#CC1(O)C(O)C(CO)OC1n1cc(F)c(=O)[nH]c1=S. The van der Waals surface area contributed by atoms with Crippen molar-refractivity contribution in [3.63, 3.8) is 0 Å². The molecule has 1 aromatic rings. The molecule has 4 N–H and O–H groups in total. The van der Waals surface area contributed by atoms with Crippen LogP contribution in [0.1, 0.15) is 6.23 Å². The van der Waals surface area contributed by atoms with E-state index < -0.39 is 42.0 Å². The van der Waals surface area contributed by atoms with Gasteiger partial charge < -0.3 is 20.1 Å². The summed E-state index contributed by atoms with van der Waals surface area (Å²) in [4.78, 5) is 13.1. The van der Waals surface area contributed by atoms with Crippen molar-refractivity contribution >= 4 is 12.2 Å². The van der Waals surface area contributed by atoms with Crippen molar-refractivity contribution in [3.8, 4) is 12.3 Å². The first-order chi connectivity index (χ1) is 9.35. The van der Waals surface area contributed by atoms with Crippen LogP contribution in [0.25, 0.3) is 0 Å². The Hall–Kier alpha value is -1.57. The van der Waals surface area contributed by atoms with Crippen LogP contribution in [0, 0.1) is 22.9 Å². The molecular weight excluding hydrogens is 291 g/mol. The molecule has 2 heterocycles. The summed E-state index contributed by atoms with van der Waals surface area (Å²) in [7, 11) is 0. The van der Waals surface area contributed by atoms with Crippen molar-refractivity contribution in [2.24, 2.45) is 0 Å². The van der Waals surface area contributed by atoms with Crippen LogP contribution in [0.4, 0.5) is 4.39 Å². The van der Waals surface area contributed by atoms with E-state index >= 15 is 0 Å². The average molecular weight is 302 g/mol. The standard InChI is InChI=1S/C11H11FN2O5S/c1-2-11(18)7(16)6(4-15)19-9(11)14-3-5(12)8(17)13-10(14)20/h1,3,6-7,9,15-16,18H,4H2,(H,13,17,20). The lowest BCUT2D eigenvalue weighted by Gasteiger charge is -2.26. The predicted molar refractivity (Wildman–Crippen MR) is 66.6 cm³/mol. The summed E-state index contributed by atoms with van der Waals surface area (Å²) in [6, 6.07) is 0. The fraction of sp³-hybridized carbons (Fsp3) is 0.455. The molecule has 1 aliphatic heterocycles. The third-order valence-electron chi connectivity index (χ3n) is 3.07. The van der Waals surface area contributed by atoms with Gasteiger partial charge in [-0.25, -0.2) is 0 Å². The lowest BCUT2D eigenvalue weighted by Crippen LogP contribution is -2.46. The number of terminal acetylenes is 1. The summed E-state index contributed by atoms with van der Waals surface area (Å²) < 4.78 is 19.2. The fourth-order valence-electron chi connectivity index (χ4n) is 1.99. The Balaban J connectivity index is 2.58. The Kier molecular flexibility index (Phi) is 3.77. The van der Waals surface area contributed by atoms with E-state index in [2.05, 4.69) is 0 Å². The van der Waals surface area contributed by atoms with Gasteiger partial charge >= 0.3 is 0 Å². The van der Waals surface area contributed by atoms with E-state index in [0.29, 0.717) is 6.20 Å². The molecule has 0 aromatic carbocycles. The van der Waals surface area contributed by atoms with Gasteiger partial charge in [0.2, 0.25) is 5.82 Å². The van der Waals surface area contributed by atoms with Gasteiger partial charge in [-0.15, -0.1) is 6.42 Å². The molecule has 1 aromatic heterocycles. The minimum Gasteiger partial charge on any atom is -0.394 e. The predicted octanol–water partition coefficient (Wildman–Crippen LogP) is -1.34. The Bertz CT molecular complexity index is 681. The maximum atomic E-state index is 13.3. The van der Waals surface area contributed by atoms with Gasteiger partial charge in [-0.3, -0.25) is 14.3 Å². The maximum absolute atomic E-state index is 13.3. The number of ether oxygens (including phenoxy) is 1. The summed E-state index contributed by atoms with van der Waals surface area (Å²) in [5, 5.41) is 29.2. The normalized spacial score (nSPS) is 33.0. The first kappa shape index (κ1) is 14.8. The van der Waals surface area contributed by atoms with Crippen LogP contribution in [0.2, 0.25) is 0 Å². The second kappa shape index (κ2) is 5.08. The number of hydrogen-bond donors (Lipinski definition) is 4. The van der Waals surface area contributed by atoms with E-state index in [1.807, 2.05) is 10.9 Å². The Morgan fingerprint density at radius 2 is 2.35 bits per heavy atom. The number of aromatic nitrogens is 2. The van der Waals surface area contributed by atoms with Crippen molar-refractivity contribution in [1.29, 1.82) is 0 Å². The summed E-state index contributed by atoms with van der Waals surface area (Å²) in [6.45, 7) is -0.610. The molecule has 0 saturated carbocycles. The monoisotopic (exact) mass is 302 g/mol. The second-order valence-electron chi connectivity index (χ2n) is 4.27. The van der Waals surface area contributed by atoms with Crippen molar-refractivity contribution in [3.05, 3.63) is 27.1 Å². The fourth-order valence-corrected chi connectivity index (χ4v) is 2.23. The number of nitrogens with one attached hydrogen (secondary N) is 1.